The van der Waals surface area contributed by atoms with Gasteiger partial charge in [-0.1, -0.05) is 36.4 Å². The number of carbonyl (C=O) groups excluding carboxylic acids is 1. The van der Waals surface area contributed by atoms with E-state index in [-0.39, 0.29) is 23.7 Å². The number of hydrogen-bond donors (Lipinski definition) is 2. The smallest absolute Gasteiger partial charge is 0.270 e. The molecule has 0 spiro atoms. The molecule has 0 heterocycles. The zero-order valence-corrected chi connectivity index (χ0v) is 15.3. The number of nitro groups is 1. The van der Waals surface area contributed by atoms with Gasteiger partial charge >= 0.3 is 0 Å². The Bertz CT molecular complexity index is 902. The first kappa shape index (κ1) is 20.5. The highest BCUT2D eigenvalue weighted by molar-refractivity contribution is 7.89. The van der Waals surface area contributed by atoms with Crippen molar-refractivity contribution in [1.29, 1.82) is 0 Å². The average Bonchev–Trinajstić information content (AvgIpc) is 2.67. The van der Waals surface area contributed by atoms with Crippen molar-refractivity contribution < 1.29 is 22.9 Å². The molecule has 1 atom stereocenters. The molecular weight excluding hydrogens is 374 g/mol. The summed E-state index contributed by atoms with van der Waals surface area (Å²) in [7, 11) is -2.52. The molecule has 1 amide bonds. The van der Waals surface area contributed by atoms with Crippen LogP contribution in [-0.2, 0) is 19.6 Å². The summed E-state index contributed by atoms with van der Waals surface area (Å²) in [5.41, 5.74) is 0.353. The molecule has 1 unspecified atom stereocenters. The third-order valence-corrected chi connectivity index (χ3v) is 5.09. The Kier molecular flexibility index (Phi) is 6.99. The second-order valence-corrected chi connectivity index (χ2v) is 7.24. The summed E-state index contributed by atoms with van der Waals surface area (Å²) in [6, 6.07) is 13.6. The molecule has 0 aliphatic rings. The van der Waals surface area contributed by atoms with E-state index in [4.69, 9.17) is 4.74 Å². The molecule has 2 rings (SSSR count). The van der Waals surface area contributed by atoms with Crippen molar-refractivity contribution in [2.45, 2.75) is 11.0 Å². The van der Waals surface area contributed by atoms with Crippen molar-refractivity contribution in [2.75, 3.05) is 20.2 Å². The number of nitrogens with one attached hydrogen (secondary N) is 2. The minimum atomic E-state index is -3.93. The molecule has 0 saturated carbocycles. The lowest BCUT2D eigenvalue weighted by atomic mass is 10.1. The number of nitro benzene ring substituents is 1. The van der Waals surface area contributed by atoms with Crippen LogP contribution >= 0.6 is 0 Å². The van der Waals surface area contributed by atoms with Gasteiger partial charge in [-0.3, -0.25) is 14.9 Å². The van der Waals surface area contributed by atoms with Gasteiger partial charge in [0, 0.05) is 32.3 Å². The van der Waals surface area contributed by atoms with Gasteiger partial charge in [-0.05, 0) is 11.6 Å². The van der Waals surface area contributed by atoms with Gasteiger partial charge in [-0.15, -0.1) is 0 Å². The van der Waals surface area contributed by atoms with Gasteiger partial charge < -0.3 is 10.1 Å². The maximum absolute atomic E-state index is 12.2. The quantitative estimate of drug-likeness (QED) is 0.376. The van der Waals surface area contributed by atoms with Gasteiger partial charge in [0.2, 0.25) is 10.0 Å². The van der Waals surface area contributed by atoms with Crippen LogP contribution in [0.3, 0.4) is 0 Å². The van der Waals surface area contributed by atoms with Crippen molar-refractivity contribution in [2.24, 2.45) is 0 Å². The van der Waals surface area contributed by atoms with E-state index in [0.717, 1.165) is 6.07 Å². The van der Waals surface area contributed by atoms with Crippen molar-refractivity contribution >= 4 is 21.6 Å². The fraction of sp³-hybridized carbons (Fsp3) is 0.235. The molecule has 0 fully saturated rings. The van der Waals surface area contributed by atoms with Crippen LogP contribution in [0.4, 0.5) is 5.69 Å². The molecule has 10 heteroatoms. The SMILES string of the molecule is COC(C(=O)NCCNS(=O)(=O)c1cccc([N+](=O)[O-])c1)c1ccccc1. The van der Waals surface area contributed by atoms with Crippen LogP contribution in [0.5, 0.6) is 0 Å². The topological polar surface area (TPSA) is 128 Å². The largest absolute Gasteiger partial charge is 0.367 e. The molecule has 2 N–H and O–H groups in total. The predicted molar refractivity (Wildman–Crippen MR) is 97.5 cm³/mol. The Morgan fingerprint density at radius 2 is 1.85 bits per heavy atom. The molecule has 2 aromatic carbocycles. The van der Waals surface area contributed by atoms with Gasteiger partial charge in [-0.2, -0.15) is 0 Å². The van der Waals surface area contributed by atoms with Crippen LogP contribution in [-0.4, -0.2) is 39.4 Å². The Balaban J connectivity index is 1.91. The molecule has 0 radical (unpaired) electrons. The van der Waals surface area contributed by atoms with Crippen LogP contribution in [0, 0.1) is 10.1 Å². The second kappa shape index (κ2) is 9.21. The van der Waals surface area contributed by atoms with Crippen LogP contribution in [0.25, 0.3) is 0 Å². The lowest BCUT2D eigenvalue weighted by molar-refractivity contribution is -0.385. The Morgan fingerprint density at radius 1 is 1.15 bits per heavy atom. The standard InChI is InChI=1S/C17H19N3O6S/c1-26-16(13-6-3-2-4-7-13)17(21)18-10-11-19-27(24,25)15-9-5-8-14(12-15)20(22)23/h2-9,12,16,19H,10-11H2,1H3,(H,18,21). The first-order valence-electron chi connectivity index (χ1n) is 7.94. The third-order valence-electron chi connectivity index (χ3n) is 3.63. The summed E-state index contributed by atoms with van der Waals surface area (Å²) in [6.07, 6.45) is -0.806. The fourth-order valence-corrected chi connectivity index (χ4v) is 3.40. The minimum Gasteiger partial charge on any atom is -0.367 e. The van der Waals surface area contributed by atoms with Gasteiger partial charge in [0.1, 0.15) is 0 Å². The number of ether oxygens (including phenoxy) is 1. The van der Waals surface area contributed by atoms with Gasteiger partial charge in [0.25, 0.3) is 11.6 Å². The number of non-ortho nitro benzene ring substituents is 1. The summed E-state index contributed by atoms with van der Waals surface area (Å²) in [5.74, 6) is -0.404. The number of sulfonamides is 1. The van der Waals surface area contributed by atoms with E-state index in [9.17, 15) is 23.3 Å². The molecular formula is C17H19N3O6S. The minimum absolute atomic E-state index is 0.0275. The van der Waals surface area contributed by atoms with E-state index in [1.807, 2.05) is 6.07 Å². The average molecular weight is 393 g/mol. The monoisotopic (exact) mass is 393 g/mol. The Morgan fingerprint density at radius 3 is 2.48 bits per heavy atom. The lowest BCUT2D eigenvalue weighted by Crippen LogP contribution is -2.37. The maximum atomic E-state index is 12.2. The van der Waals surface area contributed by atoms with Crippen LogP contribution < -0.4 is 10.0 Å². The highest BCUT2D eigenvalue weighted by Crippen LogP contribution is 2.17. The number of carbonyl (C=O) groups is 1. The fourth-order valence-electron chi connectivity index (χ4n) is 2.33. The van der Waals surface area contributed by atoms with E-state index >= 15 is 0 Å². The summed E-state index contributed by atoms with van der Waals surface area (Å²) < 4.78 is 31.9. The number of rotatable bonds is 9. The number of methoxy groups -OCH3 is 1. The molecule has 0 aliphatic carbocycles. The van der Waals surface area contributed by atoms with E-state index in [1.165, 1.54) is 25.3 Å². The number of amides is 1. The number of nitrogens with zero attached hydrogens (tertiary/aromatic N) is 1. The van der Waals surface area contributed by atoms with Crippen molar-refractivity contribution in [3.63, 3.8) is 0 Å². The number of benzene rings is 2. The van der Waals surface area contributed by atoms with Crippen molar-refractivity contribution in [3.05, 3.63) is 70.3 Å². The van der Waals surface area contributed by atoms with Crippen LogP contribution in [0.15, 0.2) is 59.5 Å². The lowest BCUT2D eigenvalue weighted by Gasteiger charge is -2.15. The normalized spacial score (nSPS) is 12.3. The summed E-state index contributed by atoms with van der Waals surface area (Å²) in [4.78, 5) is 22.1. The molecule has 0 bridgehead atoms. The first-order valence-corrected chi connectivity index (χ1v) is 9.43. The van der Waals surface area contributed by atoms with Gasteiger partial charge in [0.15, 0.2) is 6.10 Å². The summed E-state index contributed by atoms with van der Waals surface area (Å²) in [6.45, 7) is -0.0539. The van der Waals surface area contributed by atoms with Gasteiger partial charge in [0.05, 0.1) is 9.82 Å². The third kappa shape index (κ3) is 5.58. The van der Waals surface area contributed by atoms with Crippen LogP contribution in [0.1, 0.15) is 11.7 Å². The molecule has 0 aliphatic heterocycles. The first-order chi connectivity index (χ1) is 12.8. The second-order valence-electron chi connectivity index (χ2n) is 5.47. The highest BCUT2D eigenvalue weighted by atomic mass is 32.2. The van der Waals surface area contributed by atoms with Crippen molar-refractivity contribution in [3.8, 4) is 0 Å². The summed E-state index contributed by atoms with van der Waals surface area (Å²) in [5, 5.41) is 13.3. The van der Waals surface area contributed by atoms with Gasteiger partial charge in [-0.25, -0.2) is 13.1 Å². The van der Waals surface area contributed by atoms with E-state index < -0.39 is 27.0 Å². The van der Waals surface area contributed by atoms with E-state index in [0.29, 0.717) is 5.56 Å². The molecule has 0 saturated heterocycles. The van der Waals surface area contributed by atoms with E-state index in [2.05, 4.69) is 10.0 Å². The van der Waals surface area contributed by atoms with Crippen LogP contribution in [0.2, 0.25) is 0 Å². The Labute approximate surface area is 156 Å². The Hall–Kier alpha value is -2.82. The zero-order valence-electron chi connectivity index (χ0n) is 14.5. The molecule has 9 nitrogen and oxygen atoms in total. The molecule has 144 valence electrons. The molecule has 0 aromatic heterocycles. The number of hydrogen-bond acceptors (Lipinski definition) is 6. The predicted octanol–water partition coefficient (Wildman–Crippen LogP) is 1.38. The molecule has 2 aromatic rings. The van der Waals surface area contributed by atoms with E-state index in [1.54, 1.807) is 24.3 Å². The highest BCUT2D eigenvalue weighted by Gasteiger charge is 2.20. The summed E-state index contributed by atoms with van der Waals surface area (Å²) >= 11 is 0. The maximum Gasteiger partial charge on any atom is 0.270 e. The zero-order chi connectivity index (χ0) is 19.9. The molecule has 27 heavy (non-hydrogen) atoms. The van der Waals surface area contributed by atoms with Crippen molar-refractivity contribution in [1.82, 2.24) is 10.0 Å².